The lowest BCUT2D eigenvalue weighted by molar-refractivity contribution is -0.890. The minimum atomic E-state index is 0.816. The van der Waals surface area contributed by atoms with Crippen molar-refractivity contribution in [2.24, 2.45) is 0 Å². The van der Waals surface area contributed by atoms with Crippen LogP contribution >= 0.6 is 11.6 Å². The van der Waals surface area contributed by atoms with E-state index in [0.717, 1.165) is 5.88 Å². The van der Waals surface area contributed by atoms with Crippen molar-refractivity contribution in [2.75, 3.05) is 33.1 Å². The summed E-state index contributed by atoms with van der Waals surface area (Å²) in [5, 5.41) is 0. The molecule has 0 aromatic carbocycles. The Morgan fingerprint density at radius 2 is 1.25 bits per heavy atom. The van der Waals surface area contributed by atoms with E-state index in [9.17, 15) is 0 Å². The molecule has 0 aromatic rings. The molecule has 0 aliphatic rings. The van der Waals surface area contributed by atoms with Crippen molar-refractivity contribution in [1.82, 2.24) is 0 Å². The maximum Gasteiger partial charge on any atom is 0.0782 e. The van der Waals surface area contributed by atoms with Crippen LogP contribution in [0.1, 0.15) is 58.3 Å². The standard InChI is InChI=1S/C14H31ClN/c1-4-5-6-7-8-10-13-16(2,3)14-11-9-12-15/h4-14H2,1-3H3/q+1. The topological polar surface area (TPSA) is 0 Å². The maximum atomic E-state index is 5.70. The van der Waals surface area contributed by atoms with Gasteiger partial charge in [-0.3, -0.25) is 0 Å². The zero-order chi connectivity index (χ0) is 12.3. The van der Waals surface area contributed by atoms with Crippen LogP contribution in [0.25, 0.3) is 0 Å². The molecule has 0 rings (SSSR count). The first-order chi connectivity index (χ1) is 7.62. The van der Waals surface area contributed by atoms with Crippen LogP contribution in [-0.2, 0) is 0 Å². The first-order valence-corrected chi connectivity index (χ1v) is 7.54. The molecule has 0 spiro atoms. The first-order valence-electron chi connectivity index (χ1n) is 7.00. The van der Waals surface area contributed by atoms with Gasteiger partial charge in [-0.2, -0.15) is 0 Å². The summed E-state index contributed by atoms with van der Waals surface area (Å²) >= 11 is 5.70. The van der Waals surface area contributed by atoms with Gasteiger partial charge in [-0.25, -0.2) is 0 Å². The van der Waals surface area contributed by atoms with Crippen molar-refractivity contribution in [2.45, 2.75) is 58.3 Å². The van der Waals surface area contributed by atoms with Crippen LogP contribution in [0.15, 0.2) is 0 Å². The van der Waals surface area contributed by atoms with Crippen molar-refractivity contribution >= 4 is 11.6 Å². The van der Waals surface area contributed by atoms with E-state index < -0.39 is 0 Å². The van der Waals surface area contributed by atoms with Crippen molar-refractivity contribution in [3.8, 4) is 0 Å². The number of quaternary nitrogens is 1. The average molecular weight is 249 g/mol. The quantitative estimate of drug-likeness (QED) is 0.288. The Hall–Kier alpha value is 0.250. The first kappa shape index (κ1) is 16.2. The third-order valence-electron chi connectivity index (χ3n) is 3.26. The van der Waals surface area contributed by atoms with Gasteiger partial charge in [0.15, 0.2) is 0 Å². The third-order valence-corrected chi connectivity index (χ3v) is 3.53. The van der Waals surface area contributed by atoms with Gasteiger partial charge in [-0.15, -0.1) is 11.6 Å². The molecule has 0 aliphatic carbocycles. The van der Waals surface area contributed by atoms with Crippen molar-refractivity contribution < 1.29 is 4.48 Å². The monoisotopic (exact) mass is 248 g/mol. The SMILES string of the molecule is CCCCCCCC[N+](C)(C)CCCCCl. The number of hydrogen-bond donors (Lipinski definition) is 0. The molecule has 0 aromatic heterocycles. The summed E-state index contributed by atoms with van der Waals surface area (Å²) < 4.78 is 1.17. The molecule has 0 aliphatic heterocycles. The molecule has 16 heavy (non-hydrogen) atoms. The Morgan fingerprint density at radius 3 is 1.81 bits per heavy atom. The van der Waals surface area contributed by atoms with E-state index in [4.69, 9.17) is 11.6 Å². The van der Waals surface area contributed by atoms with E-state index >= 15 is 0 Å². The van der Waals surface area contributed by atoms with E-state index in [1.807, 2.05) is 0 Å². The lowest BCUT2D eigenvalue weighted by atomic mass is 10.1. The van der Waals surface area contributed by atoms with E-state index in [1.165, 1.54) is 68.9 Å². The van der Waals surface area contributed by atoms with Crippen LogP contribution in [-0.4, -0.2) is 37.5 Å². The molecule has 0 radical (unpaired) electrons. The summed E-state index contributed by atoms with van der Waals surface area (Å²) in [6.07, 6.45) is 10.8. The summed E-state index contributed by atoms with van der Waals surface area (Å²) in [6, 6.07) is 0. The summed E-state index contributed by atoms with van der Waals surface area (Å²) in [4.78, 5) is 0. The largest absolute Gasteiger partial charge is 0.328 e. The lowest BCUT2D eigenvalue weighted by Crippen LogP contribution is -2.41. The second-order valence-electron chi connectivity index (χ2n) is 5.55. The summed E-state index contributed by atoms with van der Waals surface area (Å²) in [5.74, 6) is 0.816. The molecule has 0 atom stereocenters. The zero-order valence-electron chi connectivity index (χ0n) is 11.6. The highest BCUT2D eigenvalue weighted by atomic mass is 35.5. The van der Waals surface area contributed by atoms with Gasteiger partial charge in [0.25, 0.3) is 0 Å². The number of alkyl halides is 1. The van der Waals surface area contributed by atoms with Crippen molar-refractivity contribution in [3.05, 3.63) is 0 Å². The van der Waals surface area contributed by atoms with Crippen LogP contribution in [0.3, 0.4) is 0 Å². The predicted octanol–water partition coefficient (Wildman–Crippen LogP) is 4.44. The second-order valence-corrected chi connectivity index (χ2v) is 5.92. The minimum absolute atomic E-state index is 0.816. The lowest BCUT2D eigenvalue weighted by Gasteiger charge is -2.29. The van der Waals surface area contributed by atoms with E-state index in [-0.39, 0.29) is 0 Å². The van der Waals surface area contributed by atoms with Crippen LogP contribution in [0.4, 0.5) is 0 Å². The number of rotatable bonds is 11. The molecule has 0 fully saturated rings. The zero-order valence-corrected chi connectivity index (χ0v) is 12.4. The van der Waals surface area contributed by atoms with Crippen LogP contribution < -0.4 is 0 Å². The van der Waals surface area contributed by atoms with Gasteiger partial charge < -0.3 is 4.48 Å². The Balaban J connectivity index is 3.35. The Labute approximate surface area is 108 Å². The van der Waals surface area contributed by atoms with Gasteiger partial charge in [0.2, 0.25) is 0 Å². The molecule has 2 heteroatoms. The average Bonchev–Trinajstić information content (AvgIpc) is 2.23. The van der Waals surface area contributed by atoms with Gasteiger partial charge in [0, 0.05) is 5.88 Å². The fraction of sp³-hybridized carbons (Fsp3) is 1.00. The molecular formula is C14H31ClN+. The third kappa shape index (κ3) is 10.8. The van der Waals surface area contributed by atoms with E-state index in [1.54, 1.807) is 0 Å². The predicted molar refractivity (Wildman–Crippen MR) is 75.2 cm³/mol. The molecule has 0 amide bonds. The molecule has 0 unspecified atom stereocenters. The minimum Gasteiger partial charge on any atom is -0.328 e. The van der Waals surface area contributed by atoms with Gasteiger partial charge in [-0.05, 0) is 25.7 Å². The summed E-state index contributed by atoms with van der Waals surface area (Å²) in [5.41, 5.74) is 0. The summed E-state index contributed by atoms with van der Waals surface area (Å²) in [6.45, 7) is 4.88. The van der Waals surface area contributed by atoms with Crippen molar-refractivity contribution in [3.63, 3.8) is 0 Å². The highest BCUT2D eigenvalue weighted by Crippen LogP contribution is 2.09. The second kappa shape index (κ2) is 10.4. The number of nitrogens with zero attached hydrogens (tertiary/aromatic N) is 1. The molecule has 1 nitrogen and oxygen atoms in total. The molecule has 0 saturated carbocycles. The normalized spacial score (nSPS) is 12.0. The van der Waals surface area contributed by atoms with E-state index in [0.29, 0.717) is 0 Å². The fourth-order valence-electron chi connectivity index (χ4n) is 2.07. The van der Waals surface area contributed by atoms with Crippen LogP contribution in [0.5, 0.6) is 0 Å². The smallest absolute Gasteiger partial charge is 0.0782 e. The molecule has 0 saturated heterocycles. The van der Waals surface area contributed by atoms with Gasteiger partial charge >= 0.3 is 0 Å². The van der Waals surface area contributed by atoms with Crippen LogP contribution in [0, 0.1) is 0 Å². The molecule has 0 N–H and O–H groups in total. The van der Waals surface area contributed by atoms with E-state index in [2.05, 4.69) is 21.0 Å². The number of halogens is 1. The molecule has 0 heterocycles. The number of unbranched alkanes of at least 4 members (excludes halogenated alkanes) is 6. The molecule has 98 valence electrons. The van der Waals surface area contributed by atoms with Gasteiger partial charge in [0.1, 0.15) is 0 Å². The number of hydrogen-bond acceptors (Lipinski definition) is 0. The highest BCUT2D eigenvalue weighted by Gasteiger charge is 2.13. The van der Waals surface area contributed by atoms with Gasteiger partial charge in [-0.1, -0.05) is 32.6 Å². The maximum absolute atomic E-state index is 5.70. The highest BCUT2D eigenvalue weighted by molar-refractivity contribution is 6.17. The molecule has 0 bridgehead atoms. The Kier molecular flexibility index (Phi) is 10.6. The molecular weight excluding hydrogens is 218 g/mol. The Bertz CT molecular complexity index is 146. The fourth-order valence-corrected chi connectivity index (χ4v) is 2.26. The van der Waals surface area contributed by atoms with Gasteiger partial charge in [0.05, 0.1) is 27.2 Å². The van der Waals surface area contributed by atoms with Crippen LogP contribution in [0.2, 0.25) is 0 Å². The Morgan fingerprint density at radius 1 is 0.750 bits per heavy atom. The summed E-state index contributed by atoms with van der Waals surface area (Å²) in [7, 11) is 4.69. The van der Waals surface area contributed by atoms with Crippen molar-refractivity contribution in [1.29, 1.82) is 0 Å².